The van der Waals surface area contributed by atoms with Gasteiger partial charge < -0.3 is 10.4 Å². The van der Waals surface area contributed by atoms with E-state index >= 15 is 0 Å². The maximum Gasteiger partial charge on any atom is 0.115 e. The third-order valence-corrected chi connectivity index (χ3v) is 3.33. The van der Waals surface area contributed by atoms with Crippen molar-refractivity contribution in [3.63, 3.8) is 0 Å². The zero-order valence-electron chi connectivity index (χ0n) is 10.1. The van der Waals surface area contributed by atoms with Crippen molar-refractivity contribution < 1.29 is 5.11 Å². The highest BCUT2D eigenvalue weighted by Crippen LogP contribution is 2.31. The summed E-state index contributed by atoms with van der Waals surface area (Å²) in [6, 6.07) is 6.09. The maximum atomic E-state index is 9.56. The Bertz CT molecular complexity index is 419. The highest BCUT2D eigenvalue weighted by molar-refractivity contribution is 5.38. The number of phenolic OH excluding ortho intramolecular Hbond substituents is 1. The van der Waals surface area contributed by atoms with Gasteiger partial charge in [0.05, 0.1) is 0 Å². The highest BCUT2D eigenvalue weighted by Gasteiger charge is 2.19. The van der Waals surface area contributed by atoms with E-state index in [0.717, 1.165) is 32.2 Å². The van der Waals surface area contributed by atoms with E-state index in [0.29, 0.717) is 11.8 Å². The first-order valence-electron chi connectivity index (χ1n) is 6.30. The summed E-state index contributed by atoms with van der Waals surface area (Å²) in [7, 11) is 0. The molecule has 17 heavy (non-hydrogen) atoms. The molecule has 1 aliphatic rings. The average molecular weight is 229 g/mol. The van der Waals surface area contributed by atoms with Gasteiger partial charge in [0.15, 0.2) is 0 Å². The molecular weight excluding hydrogens is 210 g/mol. The molecule has 2 rings (SSSR count). The number of nitrogens with one attached hydrogen (secondary N) is 1. The largest absolute Gasteiger partial charge is 0.508 e. The van der Waals surface area contributed by atoms with E-state index in [9.17, 15) is 5.11 Å². The molecule has 1 atom stereocenters. The molecule has 90 valence electrons. The van der Waals surface area contributed by atoms with Crippen molar-refractivity contribution in [3.8, 4) is 18.1 Å². The second-order valence-electron chi connectivity index (χ2n) is 4.59. The lowest BCUT2D eigenvalue weighted by molar-refractivity contribution is 0.445. The topological polar surface area (TPSA) is 32.3 Å². The molecule has 1 aromatic carbocycles. The van der Waals surface area contributed by atoms with Crippen molar-refractivity contribution >= 4 is 0 Å². The van der Waals surface area contributed by atoms with Crippen LogP contribution >= 0.6 is 0 Å². The summed E-state index contributed by atoms with van der Waals surface area (Å²) in [5, 5.41) is 13.1. The number of unbranched alkanes of at least 4 members (excludes halogenated alkanes) is 1. The van der Waals surface area contributed by atoms with Crippen LogP contribution in [0, 0.1) is 12.3 Å². The van der Waals surface area contributed by atoms with E-state index in [1.807, 2.05) is 12.1 Å². The number of benzene rings is 1. The van der Waals surface area contributed by atoms with Gasteiger partial charge in [0.1, 0.15) is 5.75 Å². The van der Waals surface area contributed by atoms with Gasteiger partial charge in [-0.2, -0.15) is 0 Å². The molecule has 2 nitrogen and oxygen atoms in total. The monoisotopic (exact) mass is 229 g/mol. The van der Waals surface area contributed by atoms with Crippen LogP contribution in [-0.2, 0) is 6.42 Å². The Labute approximate surface area is 103 Å². The first-order valence-corrected chi connectivity index (χ1v) is 6.30. The molecule has 0 saturated carbocycles. The zero-order chi connectivity index (χ0) is 12.1. The molecule has 2 heteroatoms. The fourth-order valence-electron chi connectivity index (χ4n) is 2.47. The smallest absolute Gasteiger partial charge is 0.115 e. The van der Waals surface area contributed by atoms with Gasteiger partial charge in [-0.05, 0) is 55.5 Å². The summed E-state index contributed by atoms with van der Waals surface area (Å²) in [6.45, 7) is 0.948. The summed E-state index contributed by atoms with van der Waals surface area (Å²) in [6.07, 6.45) is 10.6. The Morgan fingerprint density at radius 1 is 1.47 bits per heavy atom. The molecule has 0 amide bonds. The minimum absolute atomic E-state index is 0.362. The van der Waals surface area contributed by atoms with Crippen molar-refractivity contribution in [3.05, 3.63) is 29.3 Å². The average Bonchev–Trinajstić information content (AvgIpc) is 2.35. The normalized spacial score (nSPS) is 18.4. The van der Waals surface area contributed by atoms with Gasteiger partial charge in [-0.15, -0.1) is 12.3 Å². The molecule has 0 radical (unpaired) electrons. The number of phenols is 1. The van der Waals surface area contributed by atoms with Crippen LogP contribution in [0.2, 0.25) is 0 Å². The number of terminal acetylenes is 1. The van der Waals surface area contributed by atoms with E-state index in [-0.39, 0.29) is 0 Å². The van der Waals surface area contributed by atoms with Gasteiger partial charge in [0.25, 0.3) is 0 Å². The molecule has 0 bridgehead atoms. The van der Waals surface area contributed by atoms with Crippen LogP contribution in [0.5, 0.6) is 5.75 Å². The van der Waals surface area contributed by atoms with Crippen molar-refractivity contribution in [1.29, 1.82) is 0 Å². The van der Waals surface area contributed by atoms with Crippen molar-refractivity contribution in [2.45, 2.75) is 38.1 Å². The van der Waals surface area contributed by atoms with Crippen LogP contribution in [0.25, 0.3) is 0 Å². The second kappa shape index (κ2) is 5.75. The van der Waals surface area contributed by atoms with Crippen molar-refractivity contribution in [2.24, 2.45) is 0 Å². The van der Waals surface area contributed by atoms with Crippen molar-refractivity contribution in [1.82, 2.24) is 5.32 Å². The number of hydrogen-bond donors (Lipinski definition) is 2. The minimum atomic E-state index is 0.362. The Morgan fingerprint density at radius 3 is 3.18 bits per heavy atom. The third-order valence-electron chi connectivity index (χ3n) is 3.33. The quantitative estimate of drug-likeness (QED) is 0.614. The van der Waals surface area contributed by atoms with E-state index in [2.05, 4.69) is 11.2 Å². The fraction of sp³-hybridized carbons (Fsp3) is 0.467. The van der Waals surface area contributed by atoms with E-state index in [1.54, 1.807) is 6.07 Å². The lowest BCUT2D eigenvalue weighted by atomic mass is 9.87. The van der Waals surface area contributed by atoms with Crippen LogP contribution in [0.1, 0.15) is 42.9 Å². The Kier molecular flexibility index (Phi) is 4.06. The molecule has 1 aromatic rings. The molecule has 1 unspecified atom stereocenters. The van der Waals surface area contributed by atoms with Crippen LogP contribution in [0.4, 0.5) is 0 Å². The maximum absolute atomic E-state index is 9.56. The van der Waals surface area contributed by atoms with Crippen LogP contribution in [0.15, 0.2) is 18.2 Å². The number of fused-ring (bicyclic) bond motifs is 1. The molecule has 0 fully saturated rings. The predicted molar refractivity (Wildman–Crippen MR) is 69.9 cm³/mol. The predicted octanol–water partition coefficient (Wildman–Crippen LogP) is 2.77. The van der Waals surface area contributed by atoms with Crippen LogP contribution in [-0.4, -0.2) is 11.7 Å². The number of aromatic hydroxyl groups is 1. The second-order valence-corrected chi connectivity index (χ2v) is 4.59. The highest BCUT2D eigenvalue weighted by atomic mass is 16.3. The lowest BCUT2D eigenvalue weighted by Gasteiger charge is -2.26. The van der Waals surface area contributed by atoms with Gasteiger partial charge in [-0.1, -0.05) is 6.07 Å². The summed E-state index contributed by atoms with van der Waals surface area (Å²) in [5.74, 6) is 3.02. The molecule has 0 aliphatic heterocycles. The third kappa shape index (κ3) is 3.01. The van der Waals surface area contributed by atoms with Crippen LogP contribution in [0.3, 0.4) is 0 Å². The molecule has 0 spiro atoms. The van der Waals surface area contributed by atoms with E-state index in [1.165, 1.54) is 17.5 Å². The van der Waals surface area contributed by atoms with Gasteiger partial charge in [-0.25, -0.2) is 0 Å². The molecule has 2 N–H and O–H groups in total. The summed E-state index contributed by atoms with van der Waals surface area (Å²) >= 11 is 0. The lowest BCUT2D eigenvalue weighted by Crippen LogP contribution is -2.26. The van der Waals surface area contributed by atoms with Gasteiger partial charge >= 0.3 is 0 Å². The van der Waals surface area contributed by atoms with Gasteiger partial charge in [-0.3, -0.25) is 0 Å². The SMILES string of the molecule is C#CCCCNC1CCCc2ccc(O)cc21. The number of rotatable bonds is 4. The Morgan fingerprint density at radius 2 is 2.35 bits per heavy atom. The first kappa shape index (κ1) is 12.0. The summed E-state index contributed by atoms with van der Waals surface area (Å²) < 4.78 is 0. The van der Waals surface area contributed by atoms with Gasteiger partial charge in [0, 0.05) is 12.5 Å². The minimum Gasteiger partial charge on any atom is -0.508 e. The summed E-state index contributed by atoms with van der Waals surface area (Å²) in [4.78, 5) is 0. The molecular formula is C15H19NO. The number of hydrogen-bond acceptors (Lipinski definition) is 2. The standard InChI is InChI=1S/C15H19NO/c1-2-3-4-10-16-15-7-5-6-12-8-9-13(17)11-14(12)15/h1,8-9,11,15-17H,3-7,10H2. The van der Waals surface area contributed by atoms with Crippen LogP contribution < -0.4 is 5.32 Å². The fourth-order valence-corrected chi connectivity index (χ4v) is 2.47. The van der Waals surface area contributed by atoms with E-state index < -0.39 is 0 Å². The Balaban J connectivity index is 2.01. The van der Waals surface area contributed by atoms with Gasteiger partial charge in [0.2, 0.25) is 0 Å². The van der Waals surface area contributed by atoms with Crippen molar-refractivity contribution in [2.75, 3.05) is 6.54 Å². The molecule has 0 aromatic heterocycles. The first-order chi connectivity index (χ1) is 8.31. The summed E-state index contributed by atoms with van der Waals surface area (Å²) in [5.41, 5.74) is 2.63. The molecule has 1 aliphatic carbocycles. The van der Waals surface area contributed by atoms with E-state index in [4.69, 9.17) is 6.42 Å². The molecule has 0 saturated heterocycles. The zero-order valence-corrected chi connectivity index (χ0v) is 10.1. The molecule has 0 heterocycles. The Hall–Kier alpha value is -1.46. The number of aryl methyl sites for hydroxylation is 1.